The van der Waals surface area contributed by atoms with E-state index in [1.807, 2.05) is 6.92 Å². The third kappa shape index (κ3) is 4.69. The van der Waals surface area contributed by atoms with Crippen molar-refractivity contribution in [1.82, 2.24) is 0 Å². The van der Waals surface area contributed by atoms with Crippen molar-refractivity contribution in [2.75, 3.05) is 13.7 Å². The van der Waals surface area contributed by atoms with Crippen LogP contribution in [0, 0.1) is 34.5 Å². The summed E-state index contributed by atoms with van der Waals surface area (Å²) in [5, 5.41) is 23.0. The zero-order valence-corrected chi connectivity index (χ0v) is 25.2. The third-order valence-electron chi connectivity index (χ3n) is 12.5. The van der Waals surface area contributed by atoms with Gasteiger partial charge in [-0.3, -0.25) is 4.79 Å². The monoisotopic (exact) mass is 576 g/mol. The molecular formula is C32H48O9. The van der Waals surface area contributed by atoms with E-state index in [-0.39, 0.29) is 60.4 Å². The maximum Gasteiger partial charge on any atom is 0.331 e. The highest BCUT2D eigenvalue weighted by molar-refractivity contribution is 5.85. The fourth-order valence-electron chi connectivity index (χ4n) is 10.4. The number of hydrogen-bond acceptors (Lipinski definition) is 9. The molecule has 0 amide bonds. The minimum Gasteiger partial charge on any atom is -0.462 e. The Bertz CT molecular complexity index is 1080. The summed E-state index contributed by atoms with van der Waals surface area (Å²) in [5.41, 5.74) is -0.559. The third-order valence-corrected chi connectivity index (χ3v) is 12.5. The first-order valence-corrected chi connectivity index (χ1v) is 15.7. The van der Waals surface area contributed by atoms with Crippen LogP contribution >= 0.6 is 0 Å². The molecule has 0 bridgehead atoms. The fraction of sp³-hybridized carbons (Fsp3) is 0.875. The van der Waals surface area contributed by atoms with Crippen molar-refractivity contribution >= 4 is 11.9 Å². The van der Waals surface area contributed by atoms with Crippen LogP contribution in [0.2, 0.25) is 0 Å². The van der Waals surface area contributed by atoms with E-state index in [4.69, 9.17) is 23.7 Å². The molecule has 9 nitrogen and oxygen atoms in total. The maximum absolute atomic E-state index is 12.7. The summed E-state index contributed by atoms with van der Waals surface area (Å²) in [6.45, 7) is 8.06. The number of fused-ring (bicyclic) bond motifs is 5. The van der Waals surface area contributed by atoms with E-state index in [0.29, 0.717) is 24.7 Å². The summed E-state index contributed by atoms with van der Waals surface area (Å²) in [4.78, 5) is 24.2. The second-order valence-corrected chi connectivity index (χ2v) is 14.3. The Labute approximate surface area is 243 Å². The molecule has 1 saturated heterocycles. The zero-order valence-electron chi connectivity index (χ0n) is 25.2. The number of carbonyl (C=O) groups excluding carboxylic acids is 2. The van der Waals surface area contributed by atoms with Crippen molar-refractivity contribution < 1.29 is 43.5 Å². The molecule has 6 rings (SSSR count). The Kier molecular flexibility index (Phi) is 7.62. The van der Waals surface area contributed by atoms with E-state index in [1.54, 1.807) is 13.2 Å². The molecule has 0 aromatic carbocycles. The molecule has 0 aromatic rings. The van der Waals surface area contributed by atoms with Crippen LogP contribution in [0.3, 0.4) is 0 Å². The molecule has 13 atom stereocenters. The van der Waals surface area contributed by atoms with Crippen LogP contribution in [0.1, 0.15) is 85.5 Å². The van der Waals surface area contributed by atoms with Gasteiger partial charge in [0.15, 0.2) is 6.29 Å². The van der Waals surface area contributed by atoms with Gasteiger partial charge in [-0.1, -0.05) is 13.8 Å². The van der Waals surface area contributed by atoms with E-state index < -0.39 is 23.2 Å². The summed E-state index contributed by atoms with van der Waals surface area (Å²) < 4.78 is 29.1. The van der Waals surface area contributed by atoms with E-state index in [2.05, 4.69) is 13.8 Å². The lowest BCUT2D eigenvalue weighted by atomic mass is 9.43. The van der Waals surface area contributed by atoms with Gasteiger partial charge in [0.2, 0.25) is 0 Å². The predicted molar refractivity (Wildman–Crippen MR) is 147 cm³/mol. The van der Waals surface area contributed by atoms with Crippen molar-refractivity contribution in [3.8, 4) is 0 Å². The summed E-state index contributed by atoms with van der Waals surface area (Å²) in [6, 6.07) is 0. The van der Waals surface area contributed by atoms with E-state index in [0.717, 1.165) is 50.5 Å². The van der Waals surface area contributed by atoms with E-state index >= 15 is 0 Å². The standard InChI is InChI=1S/C32H48O9/c1-17-29(35)24(37-5)14-27(39-17)41-21-8-10-30(3)20(13-21)6-7-23-22(30)9-11-31(4)28(19-12-26(34)38-16-19)25(40-18(2)33)15-32(23,31)36/h12,17,20-25,27-29,35-36H,6-11,13-16H2,1-5H3/t17?,20-,21+,22+,23-,24?,25+,27?,28+,29?,30+,31-,32+/m0/s1. The molecule has 230 valence electrons. The average Bonchev–Trinajstić information content (AvgIpc) is 3.42. The highest BCUT2D eigenvalue weighted by Gasteiger charge is 2.71. The van der Waals surface area contributed by atoms with E-state index in [1.165, 1.54) is 6.92 Å². The first kappa shape index (κ1) is 29.5. The van der Waals surface area contributed by atoms with Crippen LogP contribution in [-0.2, 0) is 33.3 Å². The molecular weight excluding hydrogens is 528 g/mol. The molecule has 41 heavy (non-hydrogen) atoms. The molecule has 2 N–H and O–H groups in total. The number of cyclic esters (lactones) is 1. The Morgan fingerprint density at radius 1 is 1.07 bits per heavy atom. The normalized spacial score (nSPS) is 51.2. The Morgan fingerprint density at radius 3 is 2.54 bits per heavy atom. The molecule has 0 radical (unpaired) electrons. The number of esters is 2. The van der Waals surface area contributed by atoms with Crippen LogP contribution < -0.4 is 0 Å². The maximum atomic E-state index is 12.7. The second kappa shape index (κ2) is 10.6. The quantitative estimate of drug-likeness (QED) is 0.373. The number of methoxy groups -OCH3 is 1. The van der Waals surface area contributed by atoms with Gasteiger partial charge in [-0.15, -0.1) is 0 Å². The van der Waals surface area contributed by atoms with Crippen LogP contribution in [0.4, 0.5) is 0 Å². The number of ether oxygens (including phenoxy) is 5. The Balaban J connectivity index is 1.19. The molecule has 6 aliphatic rings. The van der Waals surface area contributed by atoms with Gasteiger partial charge in [-0.2, -0.15) is 0 Å². The van der Waals surface area contributed by atoms with Gasteiger partial charge in [0.25, 0.3) is 0 Å². The zero-order chi connectivity index (χ0) is 29.3. The molecule has 2 aliphatic heterocycles. The van der Waals surface area contributed by atoms with Gasteiger partial charge in [0.05, 0.1) is 23.9 Å². The van der Waals surface area contributed by atoms with Crippen LogP contribution in [-0.4, -0.2) is 78.3 Å². The molecule has 4 unspecified atom stereocenters. The first-order valence-electron chi connectivity index (χ1n) is 15.7. The number of hydrogen-bond donors (Lipinski definition) is 2. The van der Waals surface area contributed by atoms with Gasteiger partial charge >= 0.3 is 11.9 Å². The van der Waals surface area contributed by atoms with Crippen LogP contribution in [0.25, 0.3) is 0 Å². The summed E-state index contributed by atoms with van der Waals surface area (Å²) >= 11 is 0. The number of carbonyl (C=O) groups is 2. The van der Waals surface area contributed by atoms with Crippen molar-refractivity contribution in [3.63, 3.8) is 0 Å². The SMILES string of the molecule is COC1CC(O[C@@H]2CC[C@]3(C)[C@@H](CC[C@H]4[C@H]3CC[C@@]3(C)[C@H](C5=CC(=O)OC5)[C@H](OC(C)=O)C[C@@]43O)C2)OC(C)C1O. The summed E-state index contributed by atoms with van der Waals surface area (Å²) in [7, 11) is 1.62. The number of aliphatic hydroxyl groups is 2. The van der Waals surface area contributed by atoms with Crippen molar-refractivity contribution in [3.05, 3.63) is 11.6 Å². The largest absolute Gasteiger partial charge is 0.462 e. The summed E-state index contributed by atoms with van der Waals surface area (Å²) in [6.07, 6.45) is 7.14. The first-order chi connectivity index (χ1) is 19.4. The lowest BCUT2D eigenvalue weighted by Gasteiger charge is -2.63. The fourth-order valence-corrected chi connectivity index (χ4v) is 10.4. The minimum absolute atomic E-state index is 0.0898. The van der Waals surface area contributed by atoms with Gasteiger partial charge in [0, 0.05) is 44.3 Å². The smallest absolute Gasteiger partial charge is 0.331 e. The average molecular weight is 577 g/mol. The molecule has 5 fully saturated rings. The Hall–Kier alpha value is -1.52. The van der Waals surface area contributed by atoms with Gasteiger partial charge < -0.3 is 33.9 Å². The van der Waals surface area contributed by atoms with Crippen molar-refractivity contribution in [2.24, 2.45) is 34.5 Å². The molecule has 4 saturated carbocycles. The van der Waals surface area contributed by atoms with Crippen molar-refractivity contribution in [2.45, 2.75) is 128 Å². The molecule has 0 spiro atoms. The van der Waals surface area contributed by atoms with Crippen molar-refractivity contribution in [1.29, 1.82) is 0 Å². The molecule has 4 aliphatic carbocycles. The van der Waals surface area contributed by atoms with Crippen LogP contribution in [0.5, 0.6) is 0 Å². The predicted octanol–water partition coefficient (Wildman–Crippen LogP) is 3.68. The lowest BCUT2D eigenvalue weighted by molar-refractivity contribution is -0.273. The number of aliphatic hydroxyl groups excluding tert-OH is 1. The highest BCUT2D eigenvalue weighted by atomic mass is 16.7. The second-order valence-electron chi connectivity index (χ2n) is 14.3. The highest BCUT2D eigenvalue weighted by Crippen LogP contribution is 2.70. The summed E-state index contributed by atoms with van der Waals surface area (Å²) in [5.74, 6) is 0.0175. The molecule has 2 heterocycles. The lowest BCUT2D eigenvalue weighted by Crippen LogP contribution is -2.62. The van der Waals surface area contributed by atoms with E-state index in [9.17, 15) is 19.8 Å². The van der Waals surface area contributed by atoms with Gasteiger partial charge in [0.1, 0.15) is 18.8 Å². The Morgan fingerprint density at radius 2 is 1.85 bits per heavy atom. The minimum atomic E-state index is -0.990. The van der Waals surface area contributed by atoms with Gasteiger partial charge in [-0.05, 0) is 80.6 Å². The molecule has 0 aromatic heterocycles. The van der Waals surface area contributed by atoms with Gasteiger partial charge in [-0.25, -0.2) is 4.79 Å². The van der Waals surface area contributed by atoms with Crippen LogP contribution in [0.15, 0.2) is 11.6 Å². The molecule has 9 heteroatoms. The number of rotatable bonds is 5. The topological polar surface area (TPSA) is 121 Å².